The monoisotopic (exact) mass is 863 g/mol. The molecule has 350 valence electrons. The number of amides is 2. The van der Waals surface area contributed by atoms with Gasteiger partial charge in [0.1, 0.15) is 12.1 Å². The van der Waals surface area contributed by atoms with E-state index < -0.39 is 30.1 Å². The summed E-state index contributed by atoms with van der Waals surface area (Å²) in [7, 11) is 0. The molecule has 0 aliphatic rings. The molecule has 2 atom stereocenters. The summed E-state index contributed by atoms with van der Waals surface area (Å²) >= 11 is 0. The predicted octanol–water partition coefficient (Wildman–Crippen LogP) is 12.4. The summed E-state index contributed by atoms with van der Waals surface area (Å²) in [6, 6.07) is 15.8. The van der Waals surface area contributed by atoms with Crippen molar-refractivity contribution in [2.24, 2.45) is 0 Å². The summed E-state index contributed by atoms with van der Waals surface area (Å²) < 4.78 is 0. The Morgan fingerprint density at radius 1 is 0.419 bits per heavy atom. The Hall–Kier alpha value is -3.72. The van der Waals surface area contributed by atoms with Crippen LogP contribution < -0.4 is 0 Å². The van der Waals surface area contributed by atoms with Crippen LogP contribution in [0.5, 0.6) is 0 Å². The normalized spacial score (nSPS) is 12.3. The standard InChI is InChI=1S/C53H86N2O7/c1-3-5-7-9-11-13-15-17-19-21-23-25-33-39-50(57)54(48(52(59)60)41-45-35-29-27-30-36-45)43-47(56)44-55(49(53(61)62)42-46-37-31-28-32-38-46)51(58)40-34-26-24-22-20-18-16-14-12-10-8-6-4-2/h27-32,35-38,47-49,56H,3-26,33-34,39-44H2,1-2H3,(H,59,60)(H,61,62)/t48-,49-/m0/s1. The summed E-state index contributed by atoms with van der Waals surface area (Å²) in [5.74, 6) is -3.08. The van der Waals surface area contributed by atoms with Gasteiger partial charge < -0.3 is 25.1 Å². The van der Waals surface area contributed by atoms with E-state index in [9.17, 15) is 34.5 Å². The highest BCUT2D eigenvalue weighted by Gasteiger charge is 2.35. The Labute approximate surface area is 376 Å². The number of hydrogen-bond donors (Lipinski definition) is 3. The fourth-order valence-electron chi connectivity index (χ4n) is 8.53. The molecule has 2 aromatic rings. The van der Waals surface area contributed by atoms with Crippen molar-refractivity contribution >= 4 is 23.8 Å². The molecule has 9 nitrogen and oxygen atoms in total. The van der Waals surface area contributed by atoms with Crippen LogP contribution in [0.25, 0.3) is 0 Å². The maximum absolute atomic E-state index is 13.9. The van der Waals surface area contributed by atoms with Crippen molar-refractivity contribution < 1.29 is 34.5 Å². The molecule has 3 N–H and O–H groups in total. The summed E-state index contributed by atoms with van der Waals surface area (Å²) in [4.78, 5) is 56.1. The molecular weight excluding hydrogens is 777 g/mol. The van der Waals surface area contributed by atoms with Gasteiger partial charge in [0, 0.05) is 38.8 Å². The lowest BCUT2D eigenvalue weighted by molar-refractivity contribution is -0.154. The Morgan fingerprint density at radius 3 is 0.935 bits per heavy atom. The largest absolute Gasteiger partial charge is 0.480 e. The van der Waals surface area contributed by atoms with E-state index in [1.165, 1.54) is 125 Å². The van der Waals surface area contributed by atoms with Crippen LogP contribution in [0.15, 0.2) is 60.7 Å². The average Bonchev–Trinajstić information content (AvgIpc) is 3.26. The van der Waals surface area contributed by atoms with Gasteiger partial charge in [-0.05, 0) is 24.0 Å². The van der Waals surface area contributed by atoms with Gasteiger partial charge in [-0.3, -0.25) is 9.59 Å². The number of aliphatic hydroxyl groups is 1. The summed E-state index contributed by atoms with van der Waals surface area (Å²) in [5.41, 5.74) is 1.49. The summed E-state index contributed by atoms with van der Waals surface area (Å²) in [6.07, 6.45) is 29.3. The molecule has 0 radical (unpaired) electrons. The minimum Gasteiger partial charge on any atom is -0.480 e. The van der Waals surface area contributed by atoms with Crippen molar-refractivity contribution in [3.63, 3.8) is 0 Å². The zero-order valence-electron chi connectivity index (χ0n) is 39.0. The van der Waals surface area contributed by atoms with Crippen LogP contribution in [-0.4, -0.2) is 80.1 Å². The number of benzene rings is 2. The maximum atomic E-state index is 13.9. The van der Waals surface area contributed by atoms with Gasteiger partial charge in [0.2, 0.25) is 11.8 Å². The fourth-order valence-corrected chi connectivity index (χ4v) is 8.53. The molecule has 0 bridgehead atoms. The second kappa shape index (κ2) is 35.7. The Kier molecular flexibility index (Phi) is 31.3. The third kappa shape index (κ3) is 25.4. The van der Waals surface area contributed by atoms with E-state index in [2.05, 4.69) is 13.8 Å². The van der Waals surface area contributed by atoms with Gasteiger partial charge in [-0.25, -0.2) is 9.59 Å². The number of aliphatic carboxylic acids is 2. The predicted molar refractivity (Wildman–Crippen MR) is 253 cm³/mol. The summed E-state index contributed by atoms with van der Waals surface area (Å²) in [6.45, 7) is 3.81. The van der Waals surface area contributed by atoms with Crippen LogP contribution >= 0.6 is 0 Å². The molecule has 0 fully saturated rings. The highest BCUT2D eigenvalue weighted by molar-refractivity contribution is 5.85. The highest BCUT2D eigenvalue weighted by atomic mass is 16.4. The number of carboxylic acid groups (broad SMARTS) is 2. The van der Waals surface area contributed by atoms with Crippen molar-refractivity contribution in [2.45, 2.75) is 225 Å². The van der Waals surface area contributed by atoms with Crippen molar-refractivity contribution in [3.8, 4) is 0 Å². The first-order valence-corrected chi connectivity index (χ1v) is 25.0. The lowest BCUT2D eigenvalue weighted by Crippen LogP contribution is -2.54. The van der Waals surface area contributed by atoms with Gasteiger partial charge in [-0.2, -0.15) is 0 Å². The SMILES string of the molecule is CCCCCCCCCCCCCCCC(=O)N(CC(O)CN(C(=O)CCCCCCCCCCCCCCC)[C@@H](Cc1ccccc1)C(=O)O)[C@@H](Cc1ccccc1)C(=O)O. The highest BCUT2D eigenvalue weighted by Crippen LogP contribution is 2.20. The molecule has 2 rings (SSSR count). The molecule has 0 aromatic heterocycles. The smallest absolute Gasteiger partial charge is 0.326 e. The molecule has 2 aromatic carbocycles. The third-order valence-electron chi connectivity index (χ3n) is 12.3. The van der Waals surface area contributed by atoms with E-state index in [0.29, 0.717) is 12.8 Å². The molecule has 0 saturated heterocycles. The molecule has 9 heteroatoms. The van der Waals surface area contributed by atoms with E-state index in [1.807, 2.05) is 60.7 Å². The topological polar surface area (TPSA) is 135 Å². The lowest BCUT2D eigenvalue weighted by atomic mass is 10.0. The maximum Gasteiger partial charge on any atom is 0.326 e. The first kappa shape index (κ1) is 54.4. The first-order chi connectivity index (χ1) is 30.2. The van der Waals surface area contributed by atoms with Gasteiger partial charge in [0.05, 0.1) is 6.10 Å². The van der Waals surface area contributed by atoms with Crippen molar-refractivity contribution in [1.29, 1.82) is 0 Å². The molecule has 0 heterocycles. The van der Waals surface area contributed by atoms with E-state index in [1.54, 1.807) is 0 Å². The van der Waals surface area contributed by atoms with Crippen LogP contribution in [0.1, 0.15) is 205 Å². The molecule has 0 aliphatic heterocycles. The zero-order valence-corrected chi connectivity index (χ0v) is 39.0. The third-order valence-corrected chi connectivity index (χ3v) is 12.3. The molecule has 62 heavy (non-hydrogen) atoms. The fraction of sp³-hybridized carbons (Fsp3) is 0.698. The number of nitrogens with zero attached hydrogens (tertiary/aromatic N) is 2. The number of carbonyl (C=O) groups is 4. The molecular formula is C53H86N2O7. The number of carboxylic acids is 2. The summed E-state index contributed by atoms with van der Waals surface area (Å²) in [5, 5.41) is 32.6. The molecule has 0 aliphatic carbocycles. The molecule has 0 saturated carbocycles. The van der Waals surface area contributed by atoms with Crippen LogP contribution in [0.2, 0.25) is 0 Å². The number of unbranched alkanes of at least 4 members (excludes halogenated alkanes) is 24. The van der Waals surface area contributed by atoms with Gasteiger partial charge in [-0.1, -0.05) is 229 Å². The Morgan fingerprint density at radius 2 is 0.677 bits per heavy atom. The number of aliphatic hydroxyl groups excluding tert-OH is 1. The van der Waals surface area contributed by atoms with E-state index >= 15 is 0 Å². The van der Waals surface area contributed by atoms with Crippen LogP contribution in [0.4, 0.5) is 0 Å². The number of rotatable bonds is 40. The minimum absolute atomic E-state index is 0.0562. The zero-order chi connectivity index (χ0) is 45.0. The number of hydrogen-bond acceptors (Lipinski definition) is 5. The van der Waals surface area contributed by atoms with E-state index in [4.69, 9.17) is 0 Å². The van der Waals surface area contributed by atoms with Crippen LogP contribution in [-0.2, 0) is 32.0 Å². The molecule has 0 spiro atoms. The second-order valence-electron chi connectivity index (χ2n) is 17.8. The number of carbonyl (C=O) groups excluding carboxylic acids is 2. The quantitative estimate of drug-likeness (QED) is 0.0568. The Bertz CT molecular complexity index is 1330. The van der Waals surface area contributed by atoms with Crippen molar-refractivity contribution in [3.05, 3.63) is 71.8 Å². The van der Waals surface area contributed by atoms with E-state index in [-0.39, 0.29) is 50.6 Å². The van der Waals surface area contributed by atoms with Crippen molar-refractivity contribution in [1.82, 2.24) is 9.80 Å². The van der Waals surface area contributed by atoms with Gasteiger partial charge in [0.25, 0.3) is 0 Å². The van der Waals surface area contributed by atoms with Gasteiger partial charge in [-0.15, -0.1) is 0 Å². The van der Waals surface area contributed by atoms with Crippen molar-refractivity contribution in [2.75, 3.05) is 13.1 Å². The van der Waals surface area contributed by atoms with E-state index in [0.717, 1.165) is 49.7 Å². The molecule has 0 unspecified atom stereocenters. The minimum atomic E-state index is -1.36. The van der Waals surface area contributed by atoms with Crippen LogP contribution in [0, 0.1) is 0 Å². The van der Waals surface area contributed by atoms with Gasteiger partial charge in [0.15, 0.2) is 0 Å². The average molecular weight is 863 g/mol. The van der Waals surface area contributed by atoms with Crippen LogP contribution in [0.3, 0.4) is 0 Å². The Balaban J connectivity index is 2.07. The van der Waals surface area contributed by atoms with Gasteiger partial charge >= 0.3 is 11.9 Å². The molecule has 2 amide bonds. The second-order valence-corrected chi connectivity index (χ2v) is 17.8. The first-order valence-electron chi connectivity index (χ1n) is 25.0. The lowest BCUT2D eigenvalue weighted by Gasteiger charge is -2.35.